The maximum absolute atomic E-state index is 11.7. The lowest BCUT2D eigenvalue weighted by atomic mass is 9.98. The minimum Gasteiger partial charge on any atom is -0.478 e. The second-order valence-electron chi connectivity index (χ2n) is 10.0. The smallest absolute Gasteiger partial charge is 0.336 e. The van der Waals surface area contributed by atoms with Gasteiger partial charge in [-0.2, -0.15) is 0 Å². The van der Waals surface area contributed by atoms with Crippen molar-refractivity contribution in [2.45, 2.75) is 39.7 Å². The Morgan fingerprint density at radius 3 is 2.49 bits per heavy atom. The van der Waals surface area contributed by atoms with Crippen LogP contribution in [0, 0.1) is 6.92 Å². The number of carboxylic acid groups (broad SMARTS) is 1. The summed E-state index contributed by atoms with van der Waals surface area (Å²) in [5, 5.41) is 9.61. The van der Waals surface area contributed by atoms with E-state index in [9.17, 15) is 9.90 Å². The normalized spacial score (nSPS) is 11.4. The van der Waals surface area contributed by atoms with Crippen LogP contribution >= 0.6 is 0 Å². The van der Waals surface area contributed by atoms with E-state index >= 15 is 0 Å². The van der Waals surface area contributed by atoms with Crippen LogP contribution < -0.4 is 0 Å². The lowest BCUT2D eigenvalue weighted by molar-refractivity contribution is 0.0697. The van der Waals surface area contributed by atoms with Crippen molar-refractivity contribution in [3.63, 3.8) is 0 Å². The number of benzene rings is 3. The Labute approximate surface area is 227 Å². The molecule has 3 aromatic carbocycles. The number of unbranched alkanes of at least 4 members (excludes halogenated alkanes) is 1. The Bertz CT molecular complexity index is 1780. The molecule has 0 saturated carbocycles. The summed E-state index contributed by atoms with van der Waals surface area (Å²) < 4.78 is 4.38. The Balaban J connectivity index is 1.40. The molecule has 6 nitrogen and oxygen atoms in total. The Morgan fingerprint density at radius 1 is 0.923 bits per heavy atom. The summed E-state index contributed by atoms with van der Waals surface area (Å²) in [6.45, 7) is 5.01. The molecule has 3 heterocycles. The van der Waals surface area contributed by atoms with Gasteiger partial charge in [0.25, 0.3) is 0 Å². The van der Waals surface area contributed by atoms with Crippen LogP contribution in [0.25, 0.3) is 39.1 Å². The van der Waals surface area contributed by atoms with Gasteiger partial charge in [0.2, 0.25) is 0 Å². The number of aromatic nitrogens is 4. The van der Waals surface area contributed by atoms with Crippen molar-refractivity contribution in [3.8, 4) is 22.4 Å². The number of nitrogens with zero attached hydrogens (tertiary/aromatic N) is 4. The van der Waals surface area contributed by atoms with Crippen molar-refractivity contribution in [1.29, 1.82) is 0 Å². The van der Waals surface area contributed by atoms with Gasteiger partial charge in [-0.25, -0.2) is 14.8 Å². The predicted octanol–water partition coefficient (Wildman–Crippen LogP) is 7.42. The zero-order valence-corrected chi connectivity index (χ0v) is 22.1. The molecule has 0 unspecified atom stereocenters. The van der Waals surface area contributed by atoms with Gasteiger partial charge >= 0.3 is 5.97 Å². The highest BCUT2D eigenvalue weighted by Crippen LogP contribution is 2.30. The van der Waals surface area contributed by atoms with E-state index in [0.717, 1.165) is 75.3 Å². The molecule has 1 N–H and O–H groups in total. The number of pyridine rings is 1. The lowest BCUT2D eigenvalue weighted by Gasteiger charge is -2.12. The second-order valence-corrected chi connectivity index (χ2v) is 10.0. The van der Waals surface area contributed by atoms with Crippen molar-refractivity contribution in [2.75, 3.05) is 0 Å². The monoisotopic (exact) mass is 514 g/mol. The molecular weight excluding hydrogens is 484 g/mol. The molecular formula is C33H30N4O2. The largest absolute Gasteiger partial charge is 0.478 e. The summed E-state index contributed by atoms with van der Waals surface area (Å²) in [4.78, 5) is 21.7. The molecule has 194 valence electrons. The van der Waals surface area contributed by atoms with Crippen molar-refractivity contribution < 1.29 is 9.90 Å². The van der Waals surface area contributed by atoms with Crippen molar-refractivity contribution in [2.24, 2.45) is 0 Å². The minimum absolute atomic E-state index is 0.308. The van der Waals surface area contributed by atoms with E-state index in [2.05, 4.69) is 48.9 Å². The van der Waals surface area contributed by atoms with Crippen LogP contribution in [-0.2, 0) is 13.0 Å². The molecule has 0 aliphatic rings. The molecule has 6 rings (SSSR count). The van der Waals surface area contributed by atoms with Gasteiger partial charge in [-0.15, -0.1) is 0 Å². The molecule has 0 radical (unpaired) electrons. The van der Waals surface area contributed by atoms with Crippen LogP contribution in [0.15, 0.2) is 91.3 Å². The number of hydrogen-bond donors (Lipinski definition) is 1. The molecule has 0 spiro atoms. The van der Waals surface area contributed by atoms with E-state index < -0.39 is 5.97 Å². The van der Waals surface area contributed by atoms with E-state index in [1.54, 1.807) is 12.1 Å². The number of aryl methyl sites for hydroxylation is 2. The first-order chi connectivity index (χ1) is 19.0. The molecule has 0 aliphatic heterocycles. The highest BCUT2D eigenvalue weighted by atomic mass is 16.4. The molecule has 0 bridgehead atoms. The minimum atomic E-state index is -0.920. The van der Waals surface area contributed by atoms with Gasteiger partial charge in [-0.1, -0.05) is 61.9 Å². The zero-order chi connectivity index (χ0) is 26.9. The summed E-state index contributed by atoms with van der Waals surface area (Å²) >= 11 is 0. The highest BCUT2D eigenvalue weighted by Gasteiger charge is 2.16. The van der Waals surface area contributed by atoms with Gasteiger partial charge in [-0.3, -0.25) is 0 Å². The fraction of sp³-hybridized carbons (Fsp3) is 0.182. The number of fused-ring (bicyclic) bond motifs is 2. The Hall–Kier alpha value is -4.71. The summed E-state index contributed by atoms with van der Waals surface area (Å²) in [6.07, 6.45) is 7.18. The molecule has 0 saturated heterocycles. The Kier molecular flexibility index (Phi) is 6.45. The first-order valence-electron chi connectivity index (χ1n) is 13.4. The van der Waals surface area contributed by atoms with Crippen molar-refractivity contribution in [3.05, 3.63) is 114 Å². The molecule has 0 aliphatic carbocycles. The third kappa shape index (κ3) is 4.70. The van der Waals surface area contributed by atoms with Crippen LogP contribution in [-0.4, -0.2) is 30.0 Å². The Morgan fingerprint density at radius 2 is 1.72 bits per heavy atom. The number of carboxylic acids is 1. The van der Waals surface area contributed by atoms with E-state index in [1.165, 1.54) is 0 Å². The highest BCUT2D eigenvalue weighted by molar-refractivity contribution is 5.96. The van der Waals surface area contributed by atoms with E-state index in [0.29, 0.717) is 12.1 Å². The number of aromatic carboxylic acids is 1. The average Bonchev–Trinajstić information content (AvgIpc) is 3.54. The molecule has 39 heavy (non-hydrogen) atoms. The topological polar surface area (TPSA) is 72.4 Å². The number of hydrogen-bond acceptors (Lipinski definition) is 3. The maximum atomic E-state index is 11.7. The fourth-order valence-corrected chi connectivity index (χ4v) is 5.26. The molecule has 0 atom stereocenters. The second kappa shape index (κ2) is 10.2. The number of carbonyl (C=O) groups is 1. The van der Waals surface area contributed by atoms with Crippen molar-refractivity contribution >= 4 is 22.6 Å². The third-order valence-corrected chi connectivity index (χ3v) is 7.30. The maximum Gasteiger partial charge on any atom is 0.336 e. The van der Waals surface area contributed by atoms with Gasteiger partial charge in [0, 0.05) is 30.9 Å². The predicted molar refractivity (Wildman–Crippen MR) is 155 cm³/mol. The number of imidazole rings is 2. The summed E-state index contributed by atoms with van der Waals surface area (Å²) in [5.41, 5.74) is 9.27. The van der Waals surface area contributed by atoms with Gasteiger partial charge in [0.15, 0.2) is 0 Å². The zero-order valence-electron chi connectivity index (χ0n) is 22.1. The van der Waals surface area contributed by atoms with Gasteiger partial charge in [0.05, 0.1) is 22.3 Å². The molecule has 0 fully saturated rings. The standard InChI is InChI=1S/C33H30N4O2/c1-3-4-11-31-35-32-22(2)18-25(28-21-36-17-8-7-12-30(36)34-28)19-29(32)37(31)20-23-13-15-24(16-14-23)26-9-5-6-10-27(26)33(38)39/h5-10,12-19,21H,3-4,11,20H2,1-2H3,(H,38,39). The van der Waals surface area contributed by atoms with Crippen LogP contribution in [0.3, 0.4) is 0 Å². The van der Waals surface area contributed by atoms with Crippen LogP contribution in [0.1, 0.15) is 47.1 Å². The average molecular weight is 515 g/mol. The summed E-state index contributed by atoms with van der Waals surface area (Å²) in [7, 11) is 0. The molecule has 3 aromatic heterocycles. The number of rotatable bonds is 8. The van der Waals surface area contributed by atoms with Crippen LogP contribution in [0.2, 0.25) is 0 Å². The van der Waals surface area contributed by atoms with Crippen LogP contribution in [0.5, 0.6) is 0 Å². The van der Waals surface area contributed by atoms with Gasteiger partial charge in [-0.05, 0) is 65.9 Å². The first-order valence-corrected chi connectivity index (χ1v) is 13.4. The van der Waals surface area contributed by atoms with E-state index in [-0.39, 0.29) is 0 Å². The molecule has 6 aromatic rings. The summed E-state index contributed by atoms with van der Waals surface area (Å²) in [6, 6.07) is 25.7. The van der Waals surface area contributed by atoms with E-state index in [4.69, 9.17) is 9.97 Å². The van der Waals surface area contributed by atoms with Crippen LogP contribution in [0.4, 0.5) is 0 Å². The molecule has 0 amide bonds. The third-order valence-electron chi connectivity index (χ3n) is 7.30. The molecule has 6 heteroatoms. The fourth-order valence-electron chi connectivity index (χ4n) is 5.26. The van der Waals surface area contributed by atoms with Gasteiger partial charge in [0.1, 0.15) is 11.5 Å². The van der Waals surface area contributed by atoms with E-state index in [1.807, 2.05) is 53.1 Å². The summed E-state index contributed by atoms with van der Waals surface area (Å²) in [5.74, 6) is 0.166. The van der Waals surface area contributed by atoms with Gasteiger partial charge < -0.3 is 14.1 Å². The lowest BCUT2D eigenvalue weighted by Crippen LogP contribution is -2.05. The quantitative estimate of drug-likeness (QED) is 0.229. The SMILES string of the molecule is CCCCc1nc2c(C)cc(-c3cn4ccccc4n3)cc2n1Cc1ccc(-c2ccccc2C(=O)O)cc1. The first kappa shape index (κ1) is 24.6. The van der Waals surface area contributed by atoms with Crippen molar-refractivity contribution in [1.82, 2.24) is 18.9 Å².